The van der Waals surface area contributed by atoms with Crippen LogP contribution in [-0.4, -0.2) is 17.3 Å². The fourth-order valence-corrected chi connectivity index (χ4v) is 2.59. The Morgan fingerprint density at radius 1 is 0.933 bits per heavy atom. The molecular weight excluding hydrogens is 397 g/mol. The monoisotopic (exact) mass is 414 g/mol. The van der Waals surface area contributed by atoms with Gasteiger partial charge < -0.3 is 14.6 Å². The van der Waals surface area contributed by atoms with Gasteiger partial charge >= 0.3 is 6.36 Å². The smallest absolute Gasteiger partial charge is 0.507 e. The van der Waals surface area contributed by atoms with Crippen molar-refractivity contribution in [2.24, 2.45) is 0 Å². The Bertz CT molecular complexity index is 1030. The Balaban J connectivity index is 1.62. The number of hydrogen-bond acceptors (Lipinski definition) is 4. The number of ether oxygens (including phenoxy) is 2. The number of hydrogen-bond donors (Lipinski definition) is 1. The first-order valence-corrected chi connectivity index (χ1v) is 8.88. The maximum absolute atomic E-state index is 12.3. The Morgan fingerprint density at radius 3 is 2.23 bits per heavy atom. The number of benzene rings is 3. The molecule has 0 heterocycles. The number of phenols is 1. The van der Waals surface area contributed by atoms with E-state index in [0.717, 1.165) is 17.7 Å². The van der Waals surface area contributed by atoms with Crippen LogP contribution in [0.4, 0.5) is 13.2 Å². The standard InChI is InChI=1S/C23H17F3O4/c24-23(25,26)30-18-9-6-16(7-10-18)8-13-21(27)20-12-11-19(14-22(20)28)29-15-17-4-2-1-3-5-17/h1-14,28H,15H2/b13-8+. The fraction of sp³-hybridized carbons (Fsp3) is 0.0870. The second-order valence-corrected chi connectivity index (χ2v) is 6.27. The number of allylic oxidation sites excluding steroid dienone is 1. The maximum Gasteiger partial charge on any atom is 0.573 e. The second-order valence-electron chi connectivity index (χ2n) is 6.27. The van der Waals surface area contributed by atoms with E-state index in [1.54, 1.807) is 6.07 Å². The summed E-state index contributed by atoms with van der Waals surface area (Å²) in [5, 5.41) is 10.1. The van der Waals surface area contributed by atoms with Crippen LogP contribution in [0.15, 0.2) is 78.9 Å². The van der Waals surface area contributed by atoms with Gasteiger partial charge in [0.05, 0.1) is 5.56 Å². The number of ketones is 1. The first-order chi connectivity index (χ1) is 14.3. The predicted molar refractivity (Wildman–Crippen MR) is 105 cm³/mol. The average molecular weight is 414 g/mol. The Labute approximate surface area is 170 Å². The number of carbonyl (C=O) groups is 1. The minimum atomic E-state index is -4.76. The summed E-state index contributed by atoms with van der Waals surface area (Å²) in [7, 11) is 0. The average Bonchev–Trinajstić information content (AvgIpc) is 2.71. The van der Waals surface area contributed by atoms with Crippen molar-refractivity contribution < 1.29 is 32.5 Å². The van der Waals surface area contributed by atoms with Crippen molar-refractivity contribution in [2.45, 2.75) is 13.0 Å². The molecule has 0 fully saturated rings. The van der Waals surface area contributed by atoms with Crippen molar-refractivity contribution >= 4 is 11.9 Å². The first-order valence-electron chi connectivity index (χ1n) is 8.88. The van der Waals surface area contributed by atoms with Crippen molar-refractivity contribution in [1.82, 2.24) is 0 Å². The van der Waals surface area contributed by atoms with E-state index in [2.05, 4.69) is 4.74 Å². The summed E-state index contributed by atoms with van der Waals surface area (Å²) in [6.07, 6.45) is -2.11. The molecule has 3 aromatic rings. The van der Waals surface area contributed by atoms with E-state index in [0.29, 0.717) is 17.9 Å². The molecule has 4 nitrogen and oxygen atoms in total. The molecule has 7 heteroatoms. The van der Waals surface area contributed by atoms with Gasteiger partial charge in [-0.3, -0.25) is 4.79 Å². The van der Waals surface area contributed by atoms with E-state index in [4.69, 9.17) is 4.74 Å². The van der Waals surface area contributed by atoms with Gasteiger partial charge in [-0.15, -0.1) is 13.2 Å². The van der Waals surface area contributed by atoms with Crippen molar-refractivity contribution in [1.29, 1.82) is 0 Å². The third-order valence-electron chi connectivity index (χ3n) is 4.02. The molecule has 30 heavy (non-hydrogen) atoms. The number of aromatic hydroxyl groups is 1. The van der Waals surface area contributed by atoms with E-state index in [9.17, 15) is 23.1 Å². The van der Waals surface area contributed by atoms with Gasteiger partial charge in [0.1, 0.15) is 23.9 Å². The van der Waals surface area contributed by atoms with Gasteiger partial charge in [0.15, 0.2) is 5.78 Å². The van der Waals surface area contributed by atoms with Gasteiger partial charge in [0, 0.05) is 6.07 Å². The highest BCUT2D eigenvalue weighted by Crippen LogP contribution is 2.26. The third-order valence-corrected chi connectivity index (χ3v) is 4.02. The van der Waals surface area contributed by atoms with Gasteiger partial charge in [-0.25, -0.2) is 0 Å². The lowest BCUT2D eigenvalue weighted by Gasteiger charge is -2.08. The summed E-state index contributed by atoms with van der Waals surface area (Å²) >= 11 is 0. The molecule has 1 N–H and O–H groups in total. The zero-order valence-electron chi connectivity index (χ0n) is 15.6. The highest BCUT2D eigenvalue weighted by atomic mass is 19.4. The molecule has 0 aliphatic heterocycles. The van der Waals surface area contributed by atoms with Gasteiger partial charge in [-0.2, -0.15) is 0 Å². The number of alkyl halides is 3. The Hall–Kier alpha value is -3.74. The van der Waals surface area contributed by atoms with E-state index in [-0.39, 0.29) is 17.1 Å². The van der Waals surface area contributed by atoms with Crippen molar-refractivity contribution in [3.05, 3.63) is 95.6 Å². The zero-order valence-corrected chi connectivity index (χ0v) is 15.6. The van der Waals surface area contributed by atoms with E-state index < -0.39 is 12.1 Å². The molecule has 3 rings (SSSR count). The van der Waals surface area contributed by atoms with Crippen LogP contribution in [0, 0.1) is 0 Å². The minimum Gasteiger partial charge on any atom is -0.507 e. The molecule has 0 aliphatic carbocycles. The van der Waals surface area contributed by atoms with Crippen LogP contribution >= 0.6 is 0 Å². The van der Waals surface area contributed by atoms with Crippen LogP contribution in [0.5, 0.6) is 17.2 Å². The molecule has 0 atom stereocenters. The number of rotatable bonds is 7. The molecule has 0 saturated carbocycles. The van der Waals surface area contributed by atoms with Gasteiger partial charge in [-0.1, -0.05) is 48.5 Å². The van der Waals surface area contributed by atoms with Gasteiger partial charge in [-0.05, 0) is 41.5 Å². The van der Waals surface area contributed by atoms with Crippen LogP contribution in [0.2, 0.25) is 0 Å². The molecule has 154 valence electrons. The summed E-state index contributed by atoms with van der Waals surface area (Å²) in [6.45, 7) is 0.321. The summed E-state index contributed by atoms with van der Waals surface area (Å²) in [5.41, 5.74) is 1.54. The third kappa shape index (κ3) is 6.13. The first kappa shape index (κ1) is 21.0. The Kier molecular flexibility index (Phi) is 6.41. The molecular formula is C23H17F3O4. The van der Waals surface area contributed by atoms with Gasteiger partial charge in [0.25, 0.3) is 0 Å². The molecule has 0 amide bonds. The highest BCUT2D eigenvalue weighted by molar-refractivity contribution is 6.08. The SMILES string of the molecule is O=C(/C=C/c1ccc(OC(F)(F)F)cc1)c1ccc(OCc2ccccc2)cc1O. The summed E-state index contributed by atoms with van der Waals surface area (Å²) in [4.78, 5) is 12.3. The zero-order chi connectivity index (χ0) is 21.6. The van der Waals surface area contributed by atoms with E-state index in [1.165, 1.54) is 36.4 Å². The number of phenolic OH excluding ortho intramolecular Hbond substituents is 1. The Morgan fingerprint density at radius 2 is 1.60 bits per heavy atom. The maximum atomic E-state index is 12.3. The van der Waals surface area contributed by atoms with Crippen LogP contribution in [0.1, 0.15) is 21.5 Å². The van der Waals surface area contributed by atoms with Crippen LogP contribution in [0.25, 0.3) is 6.08 Å². The van der Waals surface area contributed by atoms with E-state index >= 15 is 0 Å². The predicted octanol–water partition coefficient (Wildman–Crippen LogP) is 5.77. The van der Waals surface area contributed by atoms with Gasteiger partial charge in [0.2, 0.25) is 0 Å². The number of carbonyl (C=O) groups excluding carboxylic acids is 1. The molecule has 0 saturated heterocycles. The minimum absolute atomic E-state index is 0.0790. The fourth-order valence-electron chi connectivity index (χ4n) is 2.59. The normalized spacial score (nSPS) is 11.4. The summed E-state index contributed by atoms with van der Waals surface area (Å²) < 4.78 is 45.9. The van der Waals surface area contributed by atoms with Crippen LogP contribution in [0.3, 0.4) is 0 Å². The number of halogens is 3. The van der Waals surface area contributed by atoms with Crippen molar-refractivity contribution in [3.63, 3.8) is 0 Å². The molecule has 0 unspecified atom stereocenters. The molecule has 0 radical (unpaired) electrons. The summed E-state index contributed by atoms with van der Waals surface area (Å²) in [5.74, 6) is -0.631. The molecule has 0 bridgehead atoms. The lowest BCUT2D eigenvalue weighted by molar-refractivity contribution is -0.274. The largest absolute Gasteiger partial charge is 0.573 e. The molecule has 0 spiro atoms. The van der Waals surface area contributed by atoms with Crippen LogP contribution in [-0.2, 0) is 6.61 Å². The van der Waals surface area contributed by atoms with Crippen molar-refractivity contribution in [2.75, 3.05) is 0 Å². The lowest BCUT2D eigenvalue weighted by Crippen LogP contribution is -2.16. The second kappa shape index (κ2) is 9.17. The molecule has 0 aromatic heterocycles. The van der Waals surface area contributed by atoms with Crippen molar-refractivity contribution in [3.8, 4) is 17.2 Å². The van der Waals surface area contributed by atoms with Crippen LogP contribution < -0.4 is 9.47 Å². The lowest BCUT2D eigenvalue weighted by atomic mass is 10.1. The topological polar surface area (TPSA) is 55.8 Å². The molecule has 3 aromatic carbocycles. The van der Waals surface area contributed by atoms with E-state index in [1.807, 2.05) is 30.3 Å². The summed E-state index contributed by atoms with van der Waals surface area (Å²) in [6, 6.07) is 18.9. The quantitative estimate of drug-likeness (QED) is 0.394. The molecule has 0 aliphatic rings. The highest BCUT2D eigenvalue weighted by Gasteiger charge is 2.30.